The molecule has 30 N–H and O–H groups in total. The lowest BCUT2D eigenvalue weighted by atomic mass is 10.1. The highest BCUT2D eigenvalue weighted by Crippen LogP contribution is 2.47. The molecule has 18 heterocycles. The Hall–Kier alpha value is -10.2. The predicted molar refractivity (Wildman–Crippen MR) is 467 cm³/mol. The Morgan fingerprint density at radius 1 is 0.407 bits per heavy atom. The van der Waals surface area contributed by atoms with E-state index in [0.717, 1.165) is 17.2 Å². The molecule has 24 atom stereocenters. The number of nitrogens with one attached hydrogen (secondary N) is 4. The van der Waals surface area contributed by atoms with Gasteiger partial charge in [-0.15, -0.1) is 0 Å². The third kappa shape index (κ3) is 26.0. The van der Waals surface area contributed by atoms with Crippen molar-refractivity contribution >= 4 is 149 Å². The molecular formula is C64H88ClN31O43P6. The number of nitrogens with zero attached hydrogens (tertiary/aromatic N) is 26. The standard InChI is InChI=1S/C12H18N5O7P.2C11H16N5O7P.C10H12ClN4O7P.C10H13N8O7P.C10H13N4O8P/c1-5-15-10(13-2)7-11(16-5)17(4-14-7)12-9(19)8(18)6(24-12)3-23-25(20,21)22;1-15-3-14-10-6(9(15)12)13-4-16(10)11-8(18)7(17)5(23-11)2-22-24(19,20)21;1-12-9-6-10(14-3-13-9)16(4-15-6)11-8(18)7(17)5(23-11)2-22-24(19,20)21;11-8-5-9(13-2-12-8)15(3-14-5)10-7(17)6(16)4(22-10)1-21-23(18,19)20;11-7-4-8(14-2-13-7)18(10(15-4)16-17-12)9-6(20)5(19)3(25-9)1-24-26(21,22)23;15-6-4(1-21-23(18,19)20)22-10(7(6)16)14-3-13-5-8(14)11-2-12-9(5)17/h4,6,8-9,12,18-19H,3H2,1-2H3,(H,13,15,16)(H2,20,21,22);3-5,7-8,11-12,17-18H,2H2,1H3,(H2,19,20,21);3-5,7-8,11,17-18H,2H2,1H3,(H,12,13,14)(H2,19,20,21);2-4,6-7,10,16-17H,1H2,(H2,18,19,20);2-3,5-6,9,19-20H,1H2,(H2,11,13,14)(H2,21,22,23);2-4,6-7,10,15-16H,1H2,(H,11,12,17)(H2,18,19,20)/t6-,8-,9-,12-;2*5-,7-,8-,11-;4-,6-,7-,10-;3-,5-,6-,9-;4-,6-,7-,10-/m111111/s1. The average molecular weight is 2200 g/mol. The quantitative estimate of drug-likeness (QED) is 0.00747. The molecule has 0 aliphatic carbocycles. The molecule has 0 saturated carbocycles. The number of azide groups is 1. The Labute approximate surface area is 807 Å². The van der Waals surface area contributed by atoms with Gasteiger partial charge in [0.25, 0.3) is 5.56 Å². The van der Waals surface area contributed by atoms with Gasteiger partial charge in [0.1, 0.15) is 151 Å². The van der Waals surface area contributed by atoms with Gasteiger partial charge in [-0.2, -0.15) is 0 Å². The number of ether oxygens (including phenoxy) is 6. The molecule has 0 bridgehead atoms. The van der Waals surface area contributed by atoms with Crippen LogP contribution in [0.4, 0.5) is 23.4 Å². The number of aromatic nitrogens is 24. The highest BCUT2D eigenvalue weighted by Gasteiger charge is 2.52. The van der Waals surface area contributed by atoms with Crippen molar-refractivity contribution in [3.05, 3.63) is 101 Å². The number of anilines is 3. The van der Waals surface area contributed by atoms with Gasteiger partial charge in [0.15, 0.2) is 116 Å². The largest absolute Gasteiger partial charge is 0.469 e. The fourth-order valence-electron chi connectivity index (χ4n) is 14.7. The summed E-state index contributed by atoms with van der Waals surface area (Å²) in [5, 5.41) is 138. The molecule has 12 aromatic heterocycles. The van der Waals surface area contributed by atoms with Crippen molar-refractivity contribution in [1.82, 2.24) is 117 Å². The Bertz CT molecular complexity index is 7090. The van der Waals surface area contributed by atoms with Crippen LogP contribution in [0.5, 0.6) is 0 Å². The monoisotopic (exact) mass is 2200 g/mol. The van der Waals surface area contributed by atoms with Crippen LogP contribution in [-0.2, 0) is 90.0 Å². The Balaban J connectivity index is 0.000000146. The van der Waals surface area contributed by atoms with E-state index < -0.39 is 239 Å². The van der Waals surface area contributed by atoms with E-state index in [4.69, 9.17) is 115 Å². The molecule has 74 nitrogen and oxygen atoms in total. The van der Waals surface area contributed by atoms with Gasteiger partial charge < -0.3 is 174 Å². The lowest BCUT2D eigenvalue weighted by molar-refractivity contribution is -0.0504. The summed E-state index contributed by atoms with van der Waals surface area (Å²) in [5.41, 5.74) is 17.1. The summed E-state index contributed by atoms with van der Waals surface area (Å²) >= 11 is 5.88. The number of halogens is 1. The molecule has 6 aliphatic rings. The number of nitrogen functional groups attached to an aromatic ring is 1. The number of hydrogen-bond donors (Lipinski definition) is 29. The molecule has 6 fully saturated rings. The number of fused-ring (bicyclic) bond motifs is 6. The summed E-state index contributed by atoms with van der Waals surface area (Å²) in [7, 11) is -23.4. The minimum absolute atomic E-state index is 0.0162. The van der Waals surface area contributed by atoms with E-state index in [1.165, 1.54) is 78.0 Å². The average Bonchev–Trinajstić information content (AvgIpc) is 1.51. The number of hydrogen-bond acceptors (Lipinski definition) is 52. The molecule has 12 aromatic rings. The minimum Gasteiger partial charge on any atom is -0.387 e. The van der Waals surface area contributed by atoms with Gasteiger partial charge in [0.05, 0.1) is 83.9 Å². The van der Waals surface area contributed by atoms with Gasteiger partial charge in [-0.05, 0) is 17.6 Å². The number of aliphatic hydroxyl groups excluding tert-OH is 12. The molecule has 0 aromatic carbocycles. The van der Waals surface area contributed by atoms with Gasteiger partial charge in [0.2, 0.25) is 5.95 Å². The number of rotatable bonds is 27. The van der Waals surface area contributed by atoms with Crippen LogP contribution in [0.25, 0.3) is 77.4 Å². The Morgan fingerprint density at radius 2 is 0.724 bits per heavy atom. The number of aryl methyl sites for hydroxylation is 2. The van der Waals surface area contributed by atoms with Crippen LogP contribution in [0.1, 0.15) is 43.2 Å². The zero-order valence-corrected chi connectivity index (χ0v) is 79.8. The van der Waals surface area contributed by atoms with Gasteiger partial charge in [-0.3, -0.25) is 64.7 Å². The summed E-state index contributed by atoms with van der Waals surface area (Å²) in [6, 6.07) is 0. The lowest BCUT2D eigenvalue weighted by Crippen LogP contribution is -2.33. The van der Waals surface area contributed by atoms with E-state index in [0.29, 0.717) is 39.8 Å². The third-order valence-corrected chi connectivity index (χ3v) is 24.6. The summed E-state index contributed by atoms with van der Waals surface area (Å²) < 4.78 is 132. The summed E-state index contributed by atoms with van der Waals surface area (Å²) in [6.45, 7) is -1.99. The zero-order chi connectivity index (χ0) is 106. The highest BCUT2D eigenvalue weighted by atomic mass is 35.5. The zero-order valence-electron chi connectivity index (χ0n) is 73.6. The molecule has 0 amide bonds. The van der Waals surface area contributed by atoms with Crippen LogP contribution in [-0.4, -0.2) is 400 Å². The maximum atomic E-state index is 11.6. The number of aromatic amines is 1. The van der Waals surface area contributed by atoms with Gasteiger partial charge in [-0.25, -0.2) is 107 Å². The fourth-order valence-corrected chi connectivity index (χ4v) is 16.9. The Morgan fingerprint density at radius 3 is 1.11 bits per heavy atom. The molecule has 0 spiro atoms. The first-order valence-corrected chi connectivity index (χ1v) is 50.3. The van der Waals surface area contributed by atoms with Crippen LogP contribution < -0.4 is 27.4 Å². The van der Waals surface area contributed by atoms with E-state index in [-0.39, 0.29) is 67.1 Å². The van der Waals surface area contributed by atoms with E-state index in [9.17, 15) is 93.5 Å². The fraction of sp³-hybridized carbons (Fsp3) is 0.531. The molecule has 0 radical (unpaired) electrons. The van der Waals surface area contributed by atoms with Crippen LogP contribution in [0.15, 0.2) is 73.2 Å². The molecule has 6 aliphatic heterocycles. The molecule has 81 heteroatoms. The Kier molecular flexibility index (Phi) is 35.1. The maximum Gasteiger partial charge on any atom is 0.469 e. The number of aliphatic hydroxyl groups is 12. The van der Waals surface area contributed by atoms with Crippen molar-refractivity contribution in [2.75, 3.05) is 70.1 Å². The van der Waals surface area contributed by atoms with E-state index in [2.05, 4.69) is 133 Å². The van der Waals surface area contributed by atoms with Gasteiger partial charge in [-0.1, -0.05) is 11.6 Å². The van der Waals surface area contributed by atoms with Gasteiger partial charge in [0, 0.05) is 26.1 Å². The molecule has 145 heavy (non-hydrogen) atoms. The van der Waals surface area contributed by atoms with Crippen molar-refractivity contribution in [2.24, 2.45) is 12.2 Å². The molecule has 794 valence electrons. The number of imidazole rings is 6. The SMILES string of the molecule is CNc1nc(C)nc2c1ncn2[C@@H]1O[C@H](COP(=O)(O)O)[C@@H](O)[C@H]1O.CNc1ncnc2c1ncn2[C@@H]1O[C@H](COP(=O)(O)O)[C@@H](O)[C@H]1O.Cn1cnc2c(ncn2[C@@H]2O[C@H](COP(=O)(O)O)[C@@H](O)[C@H]2O)c1=N.O=P(O)(O)OC[C@H]1O[C@@H](n2cnc3c(Cl)ncnc32)[C@H](O)[C@@H]1O.O=c1[nH]cnc2c1ncn2[C@@H]1O[C@H](COP(=O)(O)O)[C@@H](O)[C@H]1O.[N-]=[N+]=Nc1nc2c(N)ncnc2n1[C@@H]1O[C@H](COP(=O)(O)O)[C@@H](O)[C@H]1O. The minimum atomic E-state index is -4.81. The first-order valence-electron chi connectivity index (χ1n) is 40.7. The van der Waals surface area contributed by atoms with Crippen molar-refractivity contribution < 1.29 is 203 Å². The van der Waals surface area contributed by atoms with Gasteiger partial charge >= 0.3 is 46.9 Å². The van der Waals surface area contributed by atoms with Crippen LogP contribution in [0, 0.1) is 12.3 Å². The number of phosphoric acid groups is 6. The second-order valence-electron chi connectivity index (χ2n) is 31.0. The molecule has 18 rings (SSSR count). The number of nitrogens with two attached hydrogens (primary N) is 1. The van der Waals surface area contributed by atoms with E-state index in [1.54, 1.807) is 28.1 Å². The van der Waals surface area contributed by atoms with Crippen LogP contribution in [0.2, 0.25) is 5.15 Å². The van der Waals surface area contributed by atoms with Crippen LogP contribution in [0.3, 0.4) is 0 Å². The topological polar surface area (TPSA) is 1100 Å². The molecular weight excluding hydrogens is 2110 g/mol. The lowest BCUT2D eigenvalue weighted by Gasteiger charge is -2.18. The number of H-pyrrole nitrogens is 1. The predicted octanol–water partition coefficient (Wildman–Crippen LogP) is -8.39. The number of phosphoric ester groups is 6. The van der Waals surface area contributed by atoms with Crippen molar-refractivity contribution in [1.29, 1.82) is 5.41 Å². The third-order valence-electron chi connectivity index (χ3n) is 21.5. The second kappa shape index (κ2) is 45.5. The summed E-state index contributed by atoms with van der Waals surface area (Å²) in [6.07, 6.45) is -18.2. The maximum absolute atomic E-state index is 11.6. The first-order chi connectivity index (χ1) is 68.0. The van der Waals surface area contributed by atoms with Crippen molar-refractivity contribution in [3.63, 3.8) is 0 Å². The van der Waals surface area contributed by atoms with Crippen molar-refractivity contribution in [3.8, 4) is 0 Å². The van der Waals surface area contributed by atoms with Crippen molar-refractivity contribution in [2.45, 2.75) is 154 Å². The highest BCUT2D eigenvalue weighted by molar-refractivity contribution is 7.47. The van der Waals surface area contributed by atoms with E-state index in [1.807, 2.05) is 0 Å². The molecule has 0 unspecified atom stereocenters. The van der Waals surface area contributed by atoms with Crippen LogP contribution >= 0.6 is 58.5 Å². The molecule has 6 saturated heterocycles. The van der Waals surface area contributed by atoms with E-state index >= 15 is 0 Å². The summed E-state index contributed by atoms with van der Waals surface area (Å²) in [4.78, 5) is 186. The second-order valence-corrected chi connectivity index (χ2v) is 38.8. The summed E-state index contributed by atoms with van der Waals surface area (Å²) in [5.74, 6) is 1.16. The smallest absolute Gasteiger partial charge is 0.387 e. The normalized spacial score (nSPS) is 27.6. The first kappa shape index (κ1) is 112.